The van der Waals surface area contributed by atoms with E-state index in [1.54, 1.807) is 0 Å². The van der Waals surface area contributed by atoms with Gasteiger partial charge in [0.25, 0.3) is 0 Å². The zero-order valence-corrected chi connectivity index (χ0v) is 11.0. The van der Waals surface area contributed by atoms with Crippen molar-refractivity contribution < 1.29 is 23.1 Å². The highest BCUT2D eigenvalue weighted by Gasteiger charge is 2.33. The Balaban J connectivity index is 2.38. The molecule has 0 aliphatic heterocycles. The molecule has 4 nitrogen and oxygen atoms in total. The molecule has 8 heteroatoms. The van der Waals surface area contributed by atoms with Crippen molar-refractivity contribution in [3.8, 4) is 0 Å². The molecule has 0 spiro atoms. The number of carboxylic acids is 1. The highest BCUT2D eigenvalue weighted by Crippen LogP contribution is 2.36. The molecule has 0 saturated heterocycles. The number of carboxylic acid groups (broad SMARTS) is 1. The number of anilines is 2. The molecular formula is C13H8ClF3N2O2. The smallest absolute Gasteiger partial charge is 0.418 e. The number of aromatic carboxylic acids is 1. The van der Waals surface area contributed by atoms with Crippen LogP contribution in [0.25, 0.3) is 0 Å². The van der Waals surface area contributed by atoms with E-state index >= 15 is 0 Å². The lowest BCUT2D eigenvalue weighted by Gasteiger charge is -2.14. The standard InChI is InChI=1S/C13H8ClF3N2O2/c14-9-5-7(12(20)21)6-18-11(9)19-10-4-2-1-3-8(10)13(15,16)17/h1-6H,(H,18,19)(H,20,21). The zero-order valence-electron chi connectivity index (χ0n) is 10.3. The Morgan fingerprint density at radius 3 is 2.52 bits per heavy atom. The molecule has 0 aliphatic carbocycles. The molecule has 0 saturated carbocycles. The number of benzene rings is 1. The van der Waals surface area contributed by atoms with Gasteiger partial charge in [-0.25, -0.2) is 9.78 Å². The number of nitrogens with zero attached hydrogens (tertiary/aromatic N) is 1. The molecule has 0 fully saturated rings. The van der Waals surface area contributed by atoms with E-state index in [2.05, 4.69) is 10.3 Å². The SMILES string of the molecule is O=C(O)c1cnc(Nc2ccccc2C(F)(F)F)c(Cl)c1. The molecular weight excluding hydrogens is 309 g/mol. The van der Waals surface area contributed by atoms with Crippen molar-refractivity contribution in [2.45, 2.75) is 6.18 Å². The van der Waals surface area contributed by atoms with Gasteiger partial charge in [-0.1, -0.05) is 23.7 Å². The number of carbonyl (C=O) groups is 1. The summed E-state index contributed by atoms with van der Waals surface area (Å²) in [6, 6.07) is 5.94. The Bertz CT molecular complexity index is 689. The van der Waals surface area contributed by atoms with Gasteiger partial charge in [-0.3, -0.25) is 0 Å². The maximum atomic E-state index is 12.9. The van der Waals surface area contributed by atoms with Crippen molar-refractivity contribution in [1.29, 1.82) is 0 Å². The Labute approximate surface area is 122 Å². The lowest BCUT2D eigenvalue weighted by Crippen LogP contribution is -2.09. The molecule has 21 heavy (non-hydrogen) atoms. The number of hydrogen-bond donors (Lipinski definition) is 2. The fourth-order valence-corrected chi connectivity index (χ4v) is 1.83. The number of nitrogens with one attached hydrogen (secondary N) is 1. The van der Waals surface area contributed by atoms with Crippen molar-refractivity contribution >= 4 is 29.1 Å². The van der Waals surface area contributed by atoms with Crippen LogP contribution >= 0.6 is 11.6 Å². The van der Waals surface area contributed by atoms with Gasteiger partial charge >= 0.3 is 12.1 Å². The third-order valence-corrected chi connectivity index (χ3v) is 2.86. The van der Waals surface area contributed by atoms with Crippen LogP contribution in [0.4, 0.5) is 24.7 Å². The number of hydrogen-bond acceptors (Lipinski definition) is 3. The van der Waals surface area contributed by atoms with Crippen molar-refractivity contribution in [3.05, 3.63) is 52.7 Å². The molecule has 2 N–H and O–H groups in total. The summed E-state index contributed by atoms with van der Waals surface area (Å²) in [5, 5.41) is 11.1. The van der Waals surface area contributed by atoms with Gasteiger partial charge in [0.1, 0.15) is 5.82 Å². The van der Waals surface area contributed by atoms with Crippen LogP contribution in [0, 0.1) is 0 Å². The first-order valence-corrected chi connectivity index (χ1v) is 5.99. The summed E-state index contributed by atoms with van der Waals surface area (Å²) in [6.45, 7) is 0. The molecule has 0 atom stereocenters. The summed E-state index contributed by atoms with van der Waals surface area (Å²) >= 11 is 5.82. The summed E-state index contributed by atoms with van der Waals surface area (Å²) in [5.41, 5.74) is -1.25. The van der Waals surface area contributed by atoms with Gasteiger partial charge < -0.3 is 10.4 Å². The van der Waals surface area contributed by atoms with Crippen LogP contribution in [0.15, 0.2) is 36.5 Å². The molecule has 0 bridgehead atoms. The predicted molar refractivity (Wildman–Crippen MR) is 70.9 cm³/mol. The Kier molecular flexibility index (Phi) is 4.04. The Morgan fingerprint density at radius 2 is 1.95 bits per heavy atom. The van der Waals surface area contributed by atoms with Crippen molar-refractivity contribution in [2.24, 2.45) is 0 Å². The van der Waals surface area contributed by atoms with Gasteiger partial charge in [0, 0.05) is 6.20 Å². The highest BCUT2D eigenvalue weighted by atomic mass is 35.5. The van der Waals surface area contributed by atoms with E-state index < -0.39 is 17.7 Å². The Morgan fingerprint density at radius 1 is 1.29 bits per heavy atom. The van der Waals surface area contributed by atoms with Crippen LogP contribution in [0.1, 0.15) is 15.9 Å². The van der Waals surface area contributed by atoms with E-state index in [0.29, 0.717) is 0 Å². The van der Waals surface area contributed by atoms with Crippen LogP contribution < -0.4 is 5.32 Å². The molecule has 0 radical (unpaired) electrons. The monoisotopic (exact) mass is 316 g/mol. The van der Waals surface area contributed by atoms with Crippen molar-refractivity contribution in [3.63, 3.8) is 0 Å². The highest BCUT2D eigenvalue weighted by molar-refractivity contribution is 6.33. The van der Waals surface area contributed by atoms with E-state index in [9.17, 15) is 18.0 Å². The minimum Gasteiger partial charge on any atom is -0.478 e. The second-order valence-electron chi connectivity index (χ2n) is 4.03. The van der Waals surface area contributed by atoms with Gasteiger partial charge in [-0.05, 0) is 18.2 Å². The summed E-state index contributed by atoms with van der Waals surface area (Å²) in [7, 11) is 0. The van der Waals surface area contributed by atoms with Gasteiger partial charge in [0.15, 0.2) is 0 Å². The zero-order chi connectivity index (χ0) is 15.6. The Hall–Kier alpha value is -2.28. The molecule has 2 aromatic rings. The maximum absolute atomic E-state index is 12.9. The molecule has 1 heterocycles. The summed E-state index contributed by atoms with van der Waals surface area (Å²) < 4.78 is 38.6. The fraction of sp³-hybridized carbons (Fsp3) is 0.0769. The number of pyridine rings is 1. The second-order valence-corrected chi connectivity index (χ2v) is 4.44. The van der Waals surface area contributed by atoms with Crippen molar-refractivity contribution in [1.82, 2.24) is 4.98 Å². The first-order chi connectivity index (χ1) is 9.79. The number of para-hydroxylation sites is 1. The van der Waals surface area contributed by atoms with Crippen LogP contribution in [-0.2, 0) is 6.18 Å². The van der Waals surface area contributed by atoms with Crippen LogP contribution in [0.3, 0.4) is 0 Å². The summed E-state index contributed by atoms with van der Waals surface area (Å²) in [5.74, 6) is -1.29. The van der Waals surface area contributed by atoms with Gasteiger partial charge in [0.2, 0.25) is 0 Å². The van der Waals surface area contributed by atoms with E-state index in [1.165, 1.54) is 18.2 Å². The first kappa shape index (κ1) is 15.1. The molecule has 110 valence electrons. The molecule has 0 amide bonds. The van der Waals surface area contributed by atoms with Gasteiger partial charge in [-0.15, -0.1) is 0 Å². The largest absolute Gasteiger partial charge is 0.478 e. The van der Waals surface area contributed by atoms with Gasteiger partial charge in [0.05, 0.1) is 21.8 Å². The molecule has 1 aromatic heterocycles. The third kappa shape index (κ3) is 3.43. The third-order valence-electron chi connectivity index (χ3n) is 2.57. The first-order valence-electron chi connectivity index (χ1n) is 5.61. The topological polar surface area (TPSA) is 62.2 Å². The lowest BCUT2D eigenvalue weighted by molar-refractivity contribution is -0.136. The van der Waals surface area contributed by atoms with E-state index in [4.69, 9.17) is 16.7 Å². The number of alkyl halides is 3. The van der Waals surface area contributed by atoms with E-state index in [-0.39, 0.29) is 22.1 Å². The summed E-state index contributed by atoms with van der Waals surface area (Å²) in [6.07, 6.45) is -3.52. The van der Waals surface area contributed by atoms with Crippen LogP contribution in [0.2, 0.25) is 5.02 Å². The lowest BCUT2D eigenvalue weighted by atomic mass is 10.1. The number of halogens is 4. The van der Waals surface area contributed by atoms with Gasteiger partial charge in [-0.2, -0.15) is 13.2 Å². The number of aromatic nitrogens is 1. The molecule has 0 aliphatic rings. The second kappa shape index (κ2) is 5.61. The minimum atomic E-state index is -4.53. The molecule has 0 unspecified atom stereocenters. The normalized spacial score (nSPS) is 11.2. The van der Waals surface area contributed by atoms with Crippen molar-refractivity contribution in [2.75, 3.05) is 5.32 Å². The predicted octanol–water partition coefficient (Wildman–Crippen LogP) is 4.20. The fourth-order valence-electron chi connectivity index (χ4n) is 1.61. The molecule has 1 aromatic carbocycles. The number of rotatable bonds is 3. The van der Waals surface area contributed by atoms with E-state index in [0.717, 1.165) is 18.3 Å². The van der Waals surface area contributed by atoms with Crippen LogP contribution in [-0.4, -0.2) is 16.1 Å². The molecule has 2 rings (SSSR count). The quantitative estimate of drug-likeness (QED) is 0.891. The van der Waals surface area contributed by atoms with E-state index in [1.807, 2.05) is 0 Å². The maximum Gasteiger partial charge on any atom is 0.418 e. The average Bonchev–Trinajstić information content (AvgIpc) is 2.40. The minimum absolute atomic E-state index is 0.0571. The summed E-state index contributed by atoms with van der Waals surface area (Å²) in [4.78, 5) is 14.5. The average molecular weight is 317 g/mol. The van der Waals surface area contributed by atoms with Crippen LogP contribution in [0.5, 0.6) is 0 Å².